The number of hydrogen-bond acceptors (Lipinski definition) is 0. The van der Waals surface area contributed by atoms with Crippen LogP contribution in [0.5, 0.6) is 0 Å². The highest BCUT2D eigenvalue weighted by Crippen LogP contribution is 2.45. The van der Waals surface area contributed by atoms with Gasteiger partial charge in [0.05, 0.1) is 0 Å². The Kier molecular flexibility index (Phi) is 6.74. The summed E-state index contributed by atoms with van der Waals surface area (Å²) in [5.74, 6) is 4.31. The summed E-state index contributed by atoms with van der Waals surface area (Å²) in [7, 11) is 0. The molecule has 0 saturated heterocycles. The van der Waals surface area contributed by atoms with E-state index in [0.29, 0.717) is 0 Å². The van der Waals surface area contributed by atoms with Crippen molar-refractivity contribution in [1.29, 1.82) is 0 Å². The lowest BCUT2D eigenvalue weighted by Crippen LogP contribution is -2.33. The topological polar surface area (TPSA) is 0 Å². The van der Waals surface area contributed by atoms with Gasteiger partial charge in [0.15, 0.2) is 0 Å². The minimum Gasteiger partial charge on any atom is -0.0654 e. The van der Waals surface area contributed by atoms with Gasteiger partial charge in [0.25, 0.3) is 0 Å². The Morgan fingerprint density at radius 3 is 1.58 bits per heavy atom. The normalized spacial score (nSPS) is 24.8. The molecule has 19 heavy (non-hydrogen) atoms. The second kappa shape index (κ2) is 8.32. The standard InChI is InChI=1S/C19H36/c1-3-11-16(4-2)19(17-12-7-5-8-13-17)18-14-9-6-10-15-18/h16-19H,3-15H2,1-2H3. The zero-order valence-electron chi connectivity index (χ0n) is 13.5. The summed E-state index contributed by atoms with van der Waals surface area (Å²) in [5, 5.41) is 0. The van der Waals surface area contributed by atoms with Crippen LogP contribution >= 0.6 is 0 Å². The van der Waals surface area contributed by atoms with Gasteiger partial charge in [0.1, 0.15) is 0 Å². The predicted octanol–water partition coefficient (Wildman–Crippen LogP) is 6.59. The molecular weight excluding hydrogens is 228 g/mol. The molecule has 0 bridgehead atoms. The van der Waals surface area contributed by atoms with Crippen molar-refractivity contribution in [2.45, 2.75) is 97.3 Å². The first kappa shape index (κ1) is 15.4. The summed E-state index contributed by atoms with van der Waals surface area (Å²) < 4.78 is 0. The van der Waals surface area contributed by atoms with E-state index in [9.17, 15) is 0 Å². The van der Waals surface area contributed by atoms with E-state index in [-0.39, 0.29) is 0 Å². The second-order valence-electron chi connectivity index (χ2n) is 7.33. The van der Waals surface area contributed by atoms with E-state index >= 15 is 0 Å². The smallest absolute Gasteiger partial charge is 0.0329 e. The van der Waals surface area contributed by atoms with Crippen LogP contribution in [0.15, 0.2) is 0 Å². The van der Waals surface area contributed by atoms with Crippen LogP contribution < -0.4 is 0 Å². The SMILES string of the molecule is CCCC(CC)C(C1CCCCC1)C1CCCCC1. The molecule has 0 aliphatic heterocycles. The van der Waals surface area contributed by atoms with Gasteiger partial charge in [-0.25, -0.2) is 0 Å². The fraction of sp³-hybridized carbons (Fsp3) is 1.00. The van der Waals surface area contributed by atoms with Crippen molar-refractivity contribution in [3.8, 4) is 0 Å². The molecule has 0 heteroatoms. The summed E-state index contributed by atoms with van der Waals surface area (Å²) >= 11 is 0. The first-order chi connectivity index (χ1) is 9.36. The van der Waals surface area contributed by atoms with E-state index in [1.807, 2.05) is 0 Å². The van der Waals surface area contributed by atoms with Crippen molar-refractivity contribution in [2.24, 2.45) is 23.7 Å². The molecule has 2 fully saturated rings. The van der Waals surface area contributed by atoms with Crippen molar-refractivity contribution >= 4 is 0 Å². The molecule has 0 aromatic heterocycles. The van der Waals surface area contributed by atoms with Crippen molar-refractivity contribution in [3.63, 3.8) is 0 Å². The van der Waals surface area contributed by atoms with Crippen LogP contribution in [-0.4, -0.2) is 0 Å². The summed E-state index contributed by atoms with van der Waals surface area (Å²) in [6.07, 6.45) is 19.7. The van der Waals surface area contributed by atoms with Gasteiger partial charge in [-0.05, 0) is 23.7 Å². The maximum absolute atomic E-state index is 2.46. The monoisotopic (exact) mass is 264 g/mol. The Bertz CT molecular complexity index is 196. The van der Waals surface area contributed by atoms with Gasteiger partial charge < -0.3 is 0 Å². The Morgan fingerprint density at radius 1 is 0.737 bits per heavy atom. The van der Waals surface area contributed by atoms with Crippen LogP contribution in [0, 0.1) is 23.7 Å². The van der Waals surface area contributed by atoms with E-state index in [1.165, 1.54) is 57.8 Å². The van der Waals surface area contributed by atoms with Gasteiger partial charge in [-0.2, -0.15) is 0 Å². The summed E-state index contributed by atoms with van der Waals surface area (Å²) in [5.41, 5.74) is 0. The third-order valence-electron chi connectivity index (χ3n) is 6.12. The fourth-order valence-corrected chi connectivity index (χ4v) is 5.23. The second-order valence-corrected chi connectivity index (χ2v) is 7.33. The molecule has 2 aliphatic rings. The van der Waals surface area contributed by atoms with Crippen LogP contribution in [0.3, 0.4) is 0 Å². The third-order valence-corrected chi connectivity index (χ3v) is 6.12. The maximum atomic E-state index is 2.46. The van der Waals surface area contributed by atoms with Gasteiger partial charge in [-0.3, -0.25) is 0 Å². The van der Waals surface area contributed by atoms with Gasteiger partial charge in [-0.15, -0.1) is 0 Å². The average Bonchev–Trinajstić information content (AvgIpc) is 2.49. The molecule has 0 heterocycles. The molecule has 0 spiro atoms. The summed E-state index contributed by atoms with van der Waals surface area (Å²) in [6.45, 7) is 4.85. The van der Waals surface area contributed by atoms with Gasteiger partial charge >= 0.3 is 0 Å². The van der Waals surface area contributed by atoms with Crippen LogP contribution in [-0.2, 0) is 0 Å². The van der Waals surface area contributed by atoms with Crippen molar-refractivity contribution in [3.05, 3.63) is 0 Å². The van der Waals surface area contributed by atoms with Crippen molar-refractivity contribution in [2.75, 3.05) is 0 Å². The lowest BCUT2D eigenvalue weighted by Gasteiger charge is -2.42. The van der Waals surface area contributed by atoms with Gasteiger partial charge in [0, 0.05) is 0 Å². The third kappa shape index (κ3) is 4.23. The molecule has 2 rings (SSSR count). The molecule has 0 aromatic rings. The molecule has 0 N–H and O–H groups in total. The molecule has 0 nitrogen and oxygen atoms in total. The van der Waals surface area contributed by atoms with E-state index in [1.54, 1.807) is 25.7 Å². The molecule has 2 aliphatic carbocycles. The fourth-order valence-electron chi connectivity index (χ4n) is 5.23. The largest absolute Gasteiger partial charge is 0.0654 e. The predicted molar refractivity (Wildman–Crippen MR) is 85.3 cm³/mol. The Morgan fingerprint density at radius 2 is 1.21 bits per heavy atom. The van der Waals surface area contributed by atoms with Crippen LogP contribution in [0.4, 0.5) is 0 Å². The number of hydrogen-bond donors (Lipinski definition) is 0. The summed E-state index contributed by atoms with van der Waals surface area (Å²) in [6, 6.07) is 0. The first-order valence-electron chi connectivity index (χ1n) is 9.36. The molecule has 0 amide bonds. The lowest BCUT2D eigenvalue weighted by atomic mass is 9.63. The average molecular weight is 264 g/mol. The van der Waals surface area contributed by atoms with Crippen LogP contribution in [0.2, 0.25) is 0 Å². The van der Waals surface area contributed by atoms with E-state index in [0.717, 1.165) is 23.7 Å². The Balaban J connectivity index is 2.05. The minimum absolute atomic E-state index is 1.04. The highest BCUT2D eigenvalue weighted by Gasteiger charge is 2.35. The molecule has 0 radical (unpaired) electrons. The minimum atomic E-state index is 1.04. The van der Waals surface area contributed by atoms with Crippen molar-refractivity contribution < 1.29 is 0 Å². The number of rotatable bonds is 6. The molecule has 0 aromatic carbocycles. The van der Waals surface area contributed by atoms with Crippen LogP contribution in [0.25, 0.3) is 0 Å². The van der Waals surface area contributed by atoms with Gasteiger partial charge in [0.2, 0.25) is 0 Å². The Labute approximate surface area is 121 Å². The maximum Gasteiger partial charge on any atom is -0.0329 e. The first-order valence-corrected chi connectivity index (χ1v) is 9.36. The summed E-state index contributed by atoms with van der Waals surface area (Å²) in [4.78, 5) is 0. The van der Waals surface area contributed by atoms with Crippen LogP contribution in [0.1, 0.15) is 97.3 Å². The molecule has 2 saturated carbocycles. The molecular formula is C19H36. The molecule has 1 atom stereocenters. The lowest BCUT2D eigenvalue weighted by molar-refractivity contribution is 0.0795. The highest BCUT2D eigenvalue weighted by atomic mass is 14.4. The molecule has 112 valence electrons. The highest BCUT2D eigenvalue weighted by molar-refractivity contribution is 4.85. The quantitative estimate of drug-likeness (QED) is 0.507. The zero-order valence-corrected chi connectivity index (χ0v) is 13.5. The van der Waals surface area contributed by atoms with E-state index < -0.39 is 0 Å². The van der Waals surface area contributed by atoms with E-state index in [2.05, 4.69) is 13.8 Å². The van der Waals surface area contributed by atoms with Crippen molar-refractivity contribution in [1.82, 2.24) is 0 Å². The van der Waals surface area contributed by atoms with Gasteiger partial charge in [-0.1, -0.05) is 97.3 Å². The Hall–Kier alpha value is 0. The molecule has 1 unspecified atom stereocenters. The zero-order chi connectivity index (χ0) is 13.5. The van der Waals surface area contributed by atoms with E-state index in [4.69, 9.17) is 0 Å².